The average molecular weight is 446 g/mol. The van der Waals surface area contributed by atoms with Crippen molar-refractivity contribution in [3.8, 4) is 5.75 Å². The maximum atomic E-state index is 12.8. The zero-order chi connectivity index (χ0) is 19.8. The third-order valence-corrected chi connectivity index (χ3v) is 5.92. The molecular weight excluding hydrogens is 424 g/mol. The van der Waals surface area contributed by atoms with Crippen LogP contribution in [0.15, 0.2) is 22.8 Å². The van der Waals surface area contributed by atoms with Crippen LogP contribution >= 0.6 is 15.9 Å². The minimum atomic E-state index is -2.91. The van der Waals surface area contributed by atoms with Crippen molar-refractivity contribution in [2.75, 3.05) is 13.1 Å². The van der Waals surface area contributed by atoms with Crippen molar-refractivity contribution in [2.24, 2.45) is 11.3 Å². The molecule has 9 heteroatoms. The van der Waals surface area contributed by atoms with Crippen LogP contribution in [0.5, 0.6) is 5.75 Å². The summed E-state index contributed by atoms with van der Waals surface area (Å²) in [5.74, 6) is 0.395. The summed E-state index contributed by atoms with van der Waals surface area (Å²) in [4.78, 5) is 12.5. The molecule has 1 N–H and O–H groups in total. The van der Waals surface area contributed by atoms with Gasteiger partial charge in [-0.05, 0) is 52.2 Å². The van der Waals surface area contributed by atoms with E-state index in [0.717, 1.165) is 12.8 Å². The van der Waals surface area contributed by atoms with Crippen molar-refractivity contribution in [2.45, 2.75) is 39.8 Å². The summed E-state index contributed by atoms with van der Waals surface area (Å²) in [6.07, 6.45) is 0.641. The third-order valence-electron chi connectivity index (χ3n) is 5.33. The number of para-hydroxylation sites is 1. The van der Waals surface area contributed by atoms with E-state index in [2.05, 4.69) is 34.9 Å². The van der Waals surface area contributed by atoms with E-state index < -0.39 is 12.7 Å². The van der Waals surface area contributed by atoms with Crippen molar-refractivity contribution in [3.63, 3.8) is 0 Å². The first-order valence-corrected chi connectivity index (χ1v) is 9.56. The highest BCUT2D eigenvalue weighted by molar-refractivity contribution is 9.10. The number of benzene rings is 1. The second kappa shape index (κ2) is 7.61. The molecule has 148 valence electrons. The van der Waals surface area contributed by atoms with Crippen LogP contribution in [0.1, 0.15) is 26.7 Å². The number of rotatable bonds is 5. The SMILES string of the molecule is CC(C)(Cn1nc(Br)c2cccc(OC(F)F)c21)C1CCN(C(=O)O)CC1. The predicted octanol–water partition coefficient (Wildman–Crippen LogP) is 4.82. The quantitative estimate of drug-likeness (QED) is 0.716. The molecule has 0 saturated carbocycles. The lowest BCUT2D eigenvalue weighted by molar-refractivity contribution is -0.0491. The molecule has 2 heterocycles. The summed E-state index contributed by atoms with van der Waals surface area (Å²) in [6, 6.07) is 4.97. The Morgan fingerprint density at radius 1 is 1.41 bits per heavy atom. The Labute approximate surface area is 164 Å². The lowest BCUT2D eigenvalue weighted by Gasteiger charge is -2.40. The van der Waals surface area contributed by atoms with E-state index >= 15 is 0 Å². The molecule has 1 saturated heterocycles. The molecule has 3 rings (SSSR count). The molecule has 0 spiro atoms. The van der Waals surface area contributed by atoms with E-state index in [4.69, 9.17) is 9.84 Å². The van der Waals surface area contributed by atoms with Gasteiger partial charge in [-0.1, -0.05) is 19.9 Å². The van der Waals surface area contributed by atoms with Crippen molar-refractivity contribution in [1.29, 1.82) is 0 Å². The van der Waals surface area contributed by atoms with Gasteiger partial charge >= 0.3 is 12.7 Å². The highest BCUT2D eigenvalue weighted by Gasteiger charge is 2.35. The number of fused-ring (bicyclic) bond motifs is 1. The molecule has 27 heavy (non-hydrogen) atoms. The number of hydrogen-bond donors (Lipinski definition) is 1. The molecule has 0 unspecified atom stereocenters. The topological polar surface area (TPSA) is 67.6 Å². The molecule has 1 aliphatic heterocycles. The zero-order valence-corrected chi connectivity index (χ0v) is 16.7. The Morgan fingerprint density at radius 3 is 2.67 bits per heavy atom. The van der Waals surface area contributed by atoms with Gasteiger partial charge in [0.05, 0.1) is 0 Å². The van der Waals surface area contributed by atoms with Gasteiger partial charge in [0.25, 0.3) is 0 Å². The van der Waals surface area contributed by atoms with Gasteiger partial charge in [0.2, 0.25) is 0 Å². The highest BCUT2D eigenvalue weighted by atomic mass is 79.9. The Morgan fingerprint density at radius 2 is 2.07 bits per heavy atom. The Hall–Kier alpha value is -1.90. The molecule has 2 aromatic rings. The smallest absolute Gasteiger partial charge is 0.407 e. The van der Waals surface area contributed by atoms with Crippen LogP contribution in [0.25, 0.3) is 10.9 Å². The second-order valence-electron chi connectivity index (χ2n) is 7.51. The Balaban J connectivity index is 1.86. The molecule has 0 aliphatic carbocycles. The van der Waals surface area contributed by atoms with Crippen LogP contribution in [0.2, 0.25) is 0 Å². The number of carboxylic acid groups (broad SMARTS) is 1. The number of ether oxygens (including phenoxy) is 1. The first kappa shape index (κ1) is 19.9. The van der Waals surface area contributed by atoms with Gasteiger partial charge in [-0.25, -0.2) is 4.79 Å². The zero-order valence-electron chi connectivity index (χ0n) is 15.2. The molecule has 1 fully saturated rings. The van der Waals surface area contributed by atoms with Gasteiger partial charge in [-0.2, -0.15) is 13.9 Å². The van der Waals surface area contributed by atoms with Crippen molar-refractivity contribution >= 4 is 32.9 Å². The monoisotopic (exact) mass is 445 g/mol. The van der Waals surface area contributed by atoms with E-state index in [0.29, 0.717) is 41.1 Å². The van der Waals surface area contributed by atoms with E-state index in [1.807, 2.05) is 0 Å². The lowest BCUT2D eigenvalue weighted by atomic mass is 9.73. The second-order valence-corrected chi connectivity index (χ2v) is 8.26. The fourth-order valence-corrected chi connectivity index (χ4v) is 4.35. The van der Waals surface area contributed by atoms with Gasteiger partial charge in [0.1, 0.15) is 10.1 Å². The number of piperidine rings is 1. The standard InChI is InChI=1S/C18H22BrF2N3O3/c1-18(2,11-6-8-23(9-7-11)17(25)26)10-24-14-12(15(19)22-24)4-3-5-13(14)27-16(20)21/h3-5,11,16H,6-10H2,1-2H3,(H,25,26). The van der Waals surface area contributed by atoms with E-state index in [-0.39, 0.29) is 11.2 Å². The lowest BCUT2D eigenvalue weighted by Crippen LogP contribution is -2.42. The van der Waals surface area contributed by atoms with Crippen LogP contribution in [0.3, 0.4) is 0 Å². The normalized spacial score (nSPS) is 16.3. The minimum Gasteiger partial charge on any atom is -0.465 e. The van der Waals surface area contributed by atoms with Crippen LogP contribution in [0.4, 0.5) is 13.6 Å². The van der Waals surface area contributed by atoms with Crippen LogP contribution < -0.4 is 4.74 Å². The van der Waals surface area contributed by atoms with Gasteiger partial charge in [0.15, 0.2) is 5.75 Å². The fraction of sp³-hybridized carbons (Fsp3) is 0.556. The van der Waals surface area contributed by atoms with Gasteiger partial charge in [-0.15, -0.1) is 0 Å². The summed E-state index contributed by atoms with van der Waals surface area (Å²) < 4.78 is 32.6. The maximum Gasteiger partial charge on any atom is 0.407 e. The first-order valence-electron chi connectivity index (χ1n) is 8.77. The van der Waals surface area contributed by atoms with Crippen molar-refractivity contribution < 1.29 is 23.4 Å². The predicted molar refractivity (Wildman–Crippen MR) is 100 cm³/mol. The molecule has 1 amide bonds. The summed E-state index contributed by atoms with van der Waals surface area (Å²) >= 11 is 3.40. The number of carbonyl (C=O) groups is 1. The maximum absolute atomic E-state index is 12.8. The number of alkyl halides is 2. The molecule has 6 nitrogen and oxygen atoms in total. The Bertz CT molecular complexity index is 833. The van der Waals surface area contributed by atoms with E-state index in [9.17, 15) is 13.6 Å². The molecule has 1 aromatic heterocycles. The van der Waals surface area contributed by atoms with E-state index in [1.165, 1.54) is 11.0 Å². The highest BCUT2D eigenvalue weighted by Crippen LogP contribution is 2.39. The fourth-order valence-electron chi connectivity index (χ4n) is 3.84. The number of likely N-dealkylation sites (tertiary alicyclic amines) is 1. The minimum absolute atomic E-state index is 0.0946. The van der Waals surface area contributed by atoms with Gasteiger partial charge in [-0.3, -0.25) is 4.68 Å². The molecule has 0 bridgehead atoms. The summed E-state index contributed by atoms with van der Waals surface area (Å²) in [7, 11) is 0. The average Bonchev–Trinajstić information content (AvgIpc) is 2.91. The third kappa shape index (κ3) is 4.17. The molecule has 1 aliphatic rings. The number of hydrogen-bond acceptors (Lipinski definition) is 3. The summed E-state index contributed by atoms with van der Waals surface area (Å²) in [6.45, 7) is 2.82. The summed E-state index contributed by atoms with van der Waals surface area (Å²) in [5.41, 5.74) is 0.335. The van der Waals surface area contributed by atoms with Gasteiger partial charge < -0.3 is 14.7 Å². The number of amides is 1. The van der Waals surface area contributed by atoms with Gasteiger partial charge in [0, 0.05) is 25.0 Å². The molecule has 1 aromatic carbocycles. The summed E-state index contributed by atoms with van der Waals surface area (Å²) in [5, 5.41) is 14.3. The van der Waals surface area contributed by atoms with Crippen molar-refractivity contribution in [3.05, 3.63) is 22.8 Å². The largest absolute Gasteiger partial charge is 0.465 e. The van der Waals surface area contributed by atoms with Crippen molar-refractivity contribution in [1.82, 2.24) is 14.7 Å². The molecule has 0 radical (unpaired) electrons. The molecule has 0 atom stereocenters. The number of nitrogens with zero attached hydrogens (tertiary/aromatic N) is 3. The van der Waals surface area contributed by atoms with Crippen LogP contribution in [-0.2, 0) is 6.54 Å². The first-order chi connectivity index (χ1) is 12.7. The van der Waals surface area contributed by atoms with Crippen LogP contribution in [0, 0.1) is 11.3 Å². The number of aromatic nitrogens is 2. The van der Waals surface area contributed by atoms with E-state index in [1.54, 1.807) is 16.8 Å². The number of halogens is 3. The molecular formula is C18H22BrF2N3O3. The van der Waals surface area contributed by atoms with Crippen LogP contribution in [-0.4, -0.2) is 45.6 Å². The Kier molecular flexibility index (Phi) is 5.60.